The Bertz CT molecular complexity index is 567. The van der Waals surface area contributed by atoms with Gasteiger partial charge in [-0.05, 0) is 45.0 Å². The van der Waals surface area contributed by atoms with Crippen molar-refractivity contribution in [3.05, 3.63) is 12.2 Å². The number of carbonyl (C=O) groups excluding carboxylic acids is 1. The van der Waals surface area contributed by atoms with E-state index in [0.717, 1.165) is 0 Å². The van der Waals surface area contributed by atoms with Gasteiger partial charge in [0, 0.05) is 6.08 Å². The van der Waals surface area contributed by atoms with Crippen molar-refractivity contribution in [2.45, 2.75) is 96.2 Å². The molecule has 0 aromatic rings. The number of ether oxygens (including phenoxy) is 4. The highest BCUT2D eigenvalue weighted by molar-refractivity contribution is 6.74. The van der Waals surface area contributed by atoms with E-state index < -0.39 is 50.8 Å². The fraction of sp³-hybridized carbons (Fsp3) is 0.842. The molecule has 7 nitrogen and oxygen atoms in total. The third-order valence-electron chi connectivity index (χ3n) is 5.33. The summed E-state index contributed by atoms with van der Waals surface area (Å²) in [6.45, 7) is 16.3. The van der Waals surface area contributed by atoms with Gasteiger partial charge in [0.25, 0.3) is 0 Å². The van der Waals surface area contributed by atoms with Crippen LogP contribution in [0.5, 0.6) is 0 Å². The van der Waals surface area contributed by atoms with E-state index in [4.69, 9.17) is 23.4 Å². The Morgan fingerprint density at radius 3 is 2.41 bits per heavy atom. The Kier molecular flexibility index (Phi) is 6.61. The molecule has 0 amide bonds. The van der Waals surface area contributed by atoms with Crippen molar-refractivity contribution in [1.29, 1.82) is 0 Å². The van der Waals surface area contributed by atoms with E-state index in [1.165, 1.54) is 6.08 Å². The highest BCUT2D eigenvalue weighted by Gasteiger charge is 2.57. The Morgan fingerprint density at radius 1 is 1.26 bits per heavy atom. The van der Waals surface area contributed by atoms with Gasteiger partial charge in [-0.1, -0.05) is 20.8 Å². The maximum atomic E-state index is 11.8. The van der Waals surface area contributed by atoms with Crippen LogP contribution in [0.25, 0.3) is 0 Å². The predicted octanol–water partition coefficient (Wildman–Crippen LogP) is 2.73. The molecular formula is C19H34O7Si. The second kappa shape index (κ2) is 7.92. The van der Waals surface area contributed by atoms with Crippen LogP contribution in [-0.2, 0) is 28.2 Å². The lowest BCUT2D eigenvalue weighted by Crippen LogP contribution is -2.49. The number of hydrogen-bond acceptors (Lipinski definition) is 7. The summed E-state index contributed by atoms with van der Waals surface area (Å²) < 4.78 is 29.0. The van der Waals surface area contributed by atoms with Crippen molar-refractivity contribution in [2.24, 2.45) is 0 Å². The molecule has 1 N–H and O–H groups in total. The summed E-state index contributed by atoms with van der Waals surface area (Å²) in [5, 5.41) is 10.2. The second-order valence-electron chi connectivity index (χ2n) is 9.01. The number of esters is 1. The largest absolute Gasteiger partial charge is 0.463 e. The quantitative estimate of drug-likeness (QED) is 0.415. The van der Waals surface area contributed by atoms with E-state index in [9.17, 15) is 9.90 Å². The number of aliphatic hydroxyl groups excluding tert-OH is 1. The smallest absolute Gasteiger partial charge is 0.330 e. The zero-order valence-electron chi connectivity index (χ0n) is 17.6. The molecule has 0 spiro atoms. The number of rotatable bonds is 6. The molecule has 5 atom stereocenters. The van der Waals surface area contributed by atoms with E-state index >= 15 is 0 Å². The van der Waals surface area contributed by atoms with Gasteiger partial charge in [0.05, 0.1) is 12.7 Å². The van der Waals surface area contributed by atoms with Crippen LogP contribution < -0.4 is 0 Å². The van der Waals surface area contributed by atoms with Gasteiger partial charge in [-0.25, -0.2) is 4.79 Å². The summed E-state index contributed by atoms with van der Waals surface area (Å²) in [6, 6.07) is 0. The summed E-state index contributed by atoms with van der Waals surface area (Å²) in [5.41, 5.74) is 0. The van der Waals surface area contributed by atoms with Gasteiger partial charge < -0.3 is 28.5 Å². The van der Waals surface area contributed by atoms with Crippen LogP contribution in [0.3, 0.4) is 0 Å². The first-order valence-corrected chi connectivity index (χ1v) is 12.4. The monoisotopic (exact) mass is 402 g/mol. The minimum absolute atomic E-state index is 0.0358. The highest BCUT2D eigenvalue weighted by atomic mass is 28.4. The topological polar surface area (TPSA) is 83.5 Å². The third-order valence-corrected chi connectivity index (χ3v) is 9.81. The van der Waals surface area contributed by atoms with Gasteiger partial charge in [0.15, 0.2) is 20.4 Å². The number of fused-ring (bicyclic) bond motifs is 1. The molecular weight excluding hydrogens is 368 g/mol. The zero-order chi connectivity index (χ0) is 20.6. The molecule has 0 aromatic carbocycles. The van der Waals surface area contributed by atoms with Crippen molar-refractivity contribution < 1.29 is 33.3 Å². The minimum Gasteiger partial charge on any atom is -0.463 e. The van der Waals surface area contributed by atoms with Crippen LogP contribution in [-0.4, -0.2) is 62.5 Å². The van der Waals surface area contributed by atoms with Crippen LogP contribution in [0.1, 0.15) is 41.5 Å². The molecule has 0 aromatic heterocycles. The van der Waals surface area contributed by atoms with Gasteiger partial charge in [-0.2, -0.15) is 0 Å². The number of carbonyl (C=O) groups is 1. The van der Waals surface area contributed by atoms with Crippen molar-refractivity contribution >= 4 is 14.3 Å². The molecule has 2 saturated heterocycles. The summed E-state index contributed by atoms with van der Waals surface area (Å²) in [7, 11) is -2.19. The molecule has 0 radical (unpaired) electrons. The SMILES string of the molecule is CCOC(=O)/C=C/[C@@H](O[Si](C)(C)C(C)(C)C)[C@H]1OC(O)[C@H]2OC(C)(C)O[C@@H]12. The van der Waals surface area contributed by atoms with Crippen LogP contribution in [0, 0.1) is 0 Å². The highest BCUT2D eigenvalue weighted by Crippen LogP contribution is 2.42. The average molecular weight is 403 g/mol. The molecule has 2 heterocycles. The summed E-state index contributed by atoms with van der Waals surface area (Å²) in [6.07, 6.45) is -0.353. The zero-order valence-corrected chi connectivity index (χ0v) is 18.6. The average Bonchev–Trinajstić information content (AvgIpc) is 2.97. The Hall–Kier alpha value is -0.773. The van der Waals surface area contributed by atoms with Crippen molar-refractivity contribution in [3.8, 4) is 0 Å². The summed E-state index contributed by atoms with van der Waals surface area (Å²) >= 11 is 0. The normalized spacial score (nSPS) is 31.9. The molecule has 0 bridgehead atoms. The van der Waals surface area contributed by atoms with Crippen LogP contribution >= 0.6 is 0 Å². The van der Waals surface area contributed by atoms with Gasteiger partial charge in [0.2, 0.25) is 0 Å². The van der Waals surface area contributed by atoms with E-state index in [1.54, 1.807) is 26.8 Å². The lowest BCUT2D eigenvalue weighted by atomic mass is 10.1. The Morgan fingerprint density at radius 2 is 1.85 bits per heavy atom. The molecule has 27 heavy (non-hydrogen) atoms. The van der Waals surface area contributed by atoms with Crippen LogP contribution in [0.4, 0.5) is 0 Å². The van der Waals surface area contributed by atoms with Crippen LogP contribution in [0.2, 0.25) is 18.1 Å². The van der Waals surface area contributed by atoms with E-state index in [1.807, 2.05) is 0 Å². The Labute approximate surface area is 163 Å². The van der Waals surface area contributed by atoms with E-state index in [2.05, 4.69) is 33.9 Å². The van der Waals surface area contributed by atoms with Crippen LogP contribution in [0.15, 0.2) is 12.2 Å². The molecule has 8 heteroatoms. The van der Waals surface area contributed by atoms with E-state index in [0.29, 0.717) is 6.61 Å². The Balaban J connectivity index is 2.28. The minimum atomic E-state index is -2.19. The van der Waals surface area contributed by atoms with Gasteiger partial charge in [-0.3, -0.25) is 0 Å². The molecule has 2 fully saturated rings. The molecule has 0 aliphatic carbocycles. The first-order valence-electron chi connectivity index (χ1n) is 9.49. The van der Waals surface area contributed by atoms with Crippen molar-refractivity contribution in [1.82, 2.24) is 0 Å². The molecule has 156 valence electrons. The maximum Gasteiger partial charge on any atom is 0.330 e. The van der Waals surface area contributed by atoms with E-state index in [-0.39, 0.29) is 5.04 Å². The predicted molar refractivity (Wildman–Crippen MR) is 103 cm³/mol. The molecule has 1 unspecified atom stereocenters. The fourth-order valence-electron chi connectivity index (χ4n) is 2.97. The van der Waals surface area contributed by atoms with Crippen molar-refractivity contribution in [2.75, 3.05) is 6.61 Å². The lowest BCUT2D eigenvalue weighted by Gasteiger charge is -2.40. The first kappa shape index (κ1) is 22.5. The van der Waals surface area contributed by atoms with Gasteiger partial charge in [0.1, 0.15) is 18.3 Å². The lowest BCUT2D eigenvalue weighted by molar-refractivity contribution is -0.226. The van der Waals surface area contributed by atoms with Crippen molar-refractivity contribution in [3.63, 3.8) is 0 Å². The maximum absolute atomic E-state index is 11.8. The molecule has 2 aliphatic heterocycles. The number of aliphatic hydroxyl groups is 1. The molecule has 2 rings (SSSR count). The summed E-state index contributed by atoms with van der Waals surface area (Å²) in [4.78, 5) is 11.8. The molecule has 0 saturated carbocycles. The second-order valence-corrected chi connectivity index (χ2v) is 13.8. The fourth-order valence-corrected chi connectivity index (χ4v) is 4.22. The first-order chi connectivity index (χ1) is 12.3. The standard InChI is InChI=1S/C19H34O7Si/c1-9-22-13(20)11-10-12(26-27(7,8)18(2,3)4)14-15-16(17(21)23-14)25-19(5,6)24-15/h10-12,14-17,21H,9H2,1-8H3/b11-10+/t12-,14-,15+,16+,17?/m1/s1. The van der Waals surface area contributed by atoms with Gasteiger partial charge >= 0.3 is 5.97 Å². The summed E-state index contributed by atoms with van der Waals surface area (Å²) in [5.74, 6) is -1.26. The number of hydrogen-bond donors (Lipinski definition) is 1. The van der Waals surface area contributed by atoms with Gasteiger partial charge in [-0.15, -0.1) is 0 Å². The third kappa shape index (κ3) is 5.19. The molecule has 2 aliphatic rings.